The Morgan fingerprint density at radius 3 is 3.00 bits per heavy atom. The Balaban J connectivity index is 2.12. The monoisotopic (exact) mass is 267 g/mol. The van der Waals surface area contributed by atoms with E-state index >= 15 is 0 Å². The molecule has 19 heavy (non-hydrogen) atoms. The number of carbonyl (C=O) groups is 1. The van der Waals surface area contributed by atoms with Gasteiger partial charge in [0.25, 0.3) is 0 Å². The second-order valence-electron chi connectivity index (χ2n) is 4.39. The van der Waals surface area contributed by atoms with Crippen molar-refractivity contribution in [3.05, 3.63) is 23.8 Å². The molecule has 6 heteroatoms. The van der Waals surface area contributed by atoms with Crippen molar-refractivity contribution in [3.63, 3.8) is 0 Å². The predicted molar refractivity (Wildman–Crippen MR) is 67.3 cm³/mol. The molecule has 0 aromatic heterocycles. The van der Waals surface area contributed by atoms with Crippen LogP contribution in [0.15, 0.2) is 18.2 Å². The molecule has 0 spiro atoms. The number of morpholine rings is 1. The standard InChI is InChI=1S/C13H17NO5/c1-18-10-3-2-9(12(15)6-10)7-14-4-5-19-8-11(14)13(16)17/h2-3,6,11,15H,4-5,7-8H2,1H3,(H,16,17). The summed E-state index contributed by atoms with van der Waals surface area (Å²) in [5.41, 5.74) is 0.675. The lowest BCUT2D eigenvalue weighted by Crippen LogP contribution is -2.49. The number of carboxylic acids is 1. The zero-order valence-electron chi connectivity index (χ0n) is 10.7. The summed E-state index contributed by atoms with van der Waals surface area (Å²) in [4.78, 5) is 12.9. The minimum absolute atomic E-state index is 0.106. The summed E-state index contributed by atoms with van der Waals surface area (Å²) in [6.07, 6.45) is 0. The van der Waals surface area contributed by atoms with Gasteiger partial charge < -0.3 is 19.7 Å². The van der Waals surface area contributed by atoms with Gasteiger partial charge in [-0.3, -0.25) is 9.69 Å². The number of nitrogens with zero attached hydrogens (tertiary/aromatic N) is 1. The SMILES string of the molecule is COc1ccc(CN2CCOCC2C(=O)O)c(O)c1. The molecule has 1 aromatic rings. The lowest BCUT2D eigenvalue weighted by atomic mass is 10.1. The van der Waals surface area contributed by atoms with Crippen molar-refractivity contribution in [2.45, 2.75) is 12.6 Å². The smallest absolute Gasteiger partial charge is 0.323 e. The number of carboxylic acid groups (broad SMARTS) is 1. The normalized spacial score (nSPS) is 20.2. The summed E-state index contributed by atoms with van der Waals surface area (Å²) in [5, 5.41) is 19.0. The van der Waals surface area contributed by atoms with Gasteiger partial charge in [0.15, 0.2) is 0 Å². The minimum atomic E-state index is -0.910. The van der Waals surface area contributed by atoms with Gasteiger partial charge in [0, 0.05) is 24.7 Å². The Morgan fingerprint density at radius 1 is 1.58 bits per heavy atom. The van der Waals surface area contributed by atoms with Crippen molar-refractivity contribution in [2.24, 2.45) is 0 Å². The molecule has 2 N–H and O–H groups in total. The Labute approximate surface area is 111 Å². The average Bonchev–Trinajstić information content (AvgIpc) is 2.41. The van der Waals surface area contributed by atoms with Gasteiger partial charge in [0.2, 0.25) is 0 Å². The Kier molecular flexibility index (Phi) is 4.24. The lowest BCUT2D eigenvalue weighted by Gasteiger charge is -2.32. The van der Waals surface area contributed by atoms with Crippen LogP contribution in [0.25, 0.3) is 0 Å². The van der Waals surface area contributed by atoms with Crippen LogP contribution in [0.5, 0.6) is 11.5 Å². The first kappa shape index (κ1) is 13.6. The van der Waals surface area contributed by atoms with Crippen LogP contribution >= 0.6 is 0 Å². The fourth-order valence-corrected chi connectivity index (χ4v) is 2.08. The van der Waals surface area contributed by atoms with Crippen LogP contribution < -0.4 is 4.74 Å². The molecule has 1 atom stereocenters. The molecule has 104 valence electrons. The summed E-state index contributed by atoms with van der Waals surface area (Å²) in [7, 11) is 1.52. The van der Waals surface area contributed by atoms with Crippen molar-refractivity contribution in [1.29, 1.82) is 0 Å². The highest BCUT2D eigenvalue weighted by Crippen LogP contribution is 2.25. The molecule has 0 aliphatic carbocycles. The molecule has 2 rings (SSSR count). The maximum absolute atomic E-state index is 11.1. The Morgan fingerprint density at radius 2 is 2.37 bits per heavy atom. The molecule has 0 saturated carbocycles. The molecule has 0 bridgehead atoms. The van der Waals surface area contributed by atoms with Gasteiger partial charge in [0.05, 0.1) is 20.3 Å². The number of aliphatic carboxylic acids is 1. The summed E-state index contributed by atoms with van der Waals surface area (Å²) in [6.45, 7) is 1.57. The maximum atomic E-state index is 11.1. The van der Waals surface area contributed by atoms with E-state index in [1.165, 1.54) is 13.2 Å². The van der Waals surface area contributed by atoms with E-state index in [0.717, 1.165) is 0 Å². The van der Waals surface area contributed by atoms with E-state index < -0.39 is 12.0 Å². The predicted octanol–water partition coefficient (Wildman–Crippen LogP) is 0.686. The molecule has 1 saturated heterocycles. The third kappa shape index (κ3) is 3.15. The van der Waals surface area contributed by atoms with Crippen molar-refractivity contribution in [3.8, 4) is 11.5 Å². The first-order chi connectivity index (χ1) is 9.11. The van der Waals surface area contributed by atoms with Crippen LogP contribution in [-0.4, -0.2) is 54.0 Å². The fourth-order valence-electron chi connectivity index (χ4n) is 2.08. The third-order valence-electron chi connectivity index (χ3n) is 3.19. The van der Waals surface area contributed by atoms with Gasteiger partial charge in [-0.15, -0.1) is 0 Å². The molecular weight excluding hydrogens is 250 g/mol. The van der Waals surface area contributed by atoms with E-state index in [1.807, 2.05) is 0 Å². The maximum Gasteiger partial charge on any atom is 0.323 e. The summed E-state index contributed by atoms with van der Waals surface area (Å²) >= 11 is 0. The van der Waals surface area contributed by atoms with Crippen molar-refractivity contribution in [1.82, 2.24) is 4.90 Å². The number of rotatable bonds is 4. The van der Waals surface area contributed by atoms with E-state index in [2.05, 4.69) is 0 Å². The number of phenols is 1. The lowest BCUT2D eigenvalue weighted by molar-refractivity contribution is -0.150. The minimum Gasteiger partial charge on any atom is -0.507 e. The largest absolute Gasteiger partial charge is 0.507 e. The van der Waals surface area contributed by atoms with Crippen LogP contribution in [0.1, 0.15) is 5.56 Å². The van der Waals surface area contributed by atoms with Crippen LogP contribution in [0.3, 0.4) is 0 Å². The molecule has 1 fully saturated rings. The summed E-state index contributed by atoms with van der Waals surface area (Å²) < 4.78 is 10.2. The van der Waals surface area contributed by atoms with E-state index in [9.17, 15) is 9.90 Å². The van der Waals surface area contributed by atoms with Crippen molar-refractivity contribution < 1.29 is 24.5 Å². The average molecular weight is 267 g/mol. The quantitative estimate of drug-likeness (QED) is 0.835. The second-order valence-corrected chi connectivity index (χ2v) is 4.39. The topological polar surface area (TPSA) is 79.2 Å². The number of ether oxygens (including phenoxy) is 2. The summed E-state index contributed by atoms with van der Waals surface area (Å²) in [5.74, 6) is -0.235. The van der Waals surface area contributed by atoms with Crippen molar-refractivity contribution >= 4 is 5.97 Å². The zero-order valence-corrected chi connectivity index (χ0v) is 10.7. The van der Waals surface area contributed by atoms with E-state index in [4.69, 9.17) is 14.6 Å². The molecule has 1 unspecified atom stereocenters. The molecule has 1 aliphatic heterocycles. The molecule has 0 radical (unpaired) electrons. The van der Waals surface area contributed by atoms with Crippen LogP contribution in [0, 0.1) is 0 Å². The molecule has 1 aliphatic rings. The Hall–Kier alpha value is -1.79. The van der Waals surface area contributed by atoms with Gasteiger partial charge >= 0.3 is 5.97 Å². The zero-order chi connectivity index (χ0) is 13.8. The number of hydrogen-bond acceptors (Lipinski definition) is 5. The molecule has 6 nitrogen and oxygen atoms in total. The number of phenolic OH excluding ortho intramolecular Hbond substituents is 1. The van der Waals surface area contributed by atoms with Gasteiger partial charge in [-0.1, -0.05) is 6.07 Å². The fraction of sp³-hybridized carbons (Fsp3) is 0.462. The number of methoxy groups -OCH3 is 1. The van der Waals surface area contributed by atoms with Gasteiger partial charge in [-0.05, 0) is 6.07 Å². The number of hydrogen-bond donors (Lipinski definition) is 2. The van der Waals surface area contributed by atoms with Gasteiger partial charge in [-0.25, -0.2) is 0 Å². The van der Waals surface area contributed by atoms with E-state index in [-0.39, 0.29) is 12.4 Å². The van der Waals surface area contributed by atoms with E-state index in [0.29, 0.717) is 31.0 Å². The van der Waals surface area contributed by atoms with Crippen LogP contribution in [0.2, 0.25) is 0 Å². The first-order valence-corrected chi connectivity index (χ1v) is 6.02. The summed E-state index contributed by atoms with van der Waals surface area (Å²) in [6, 6.07) is 4.33. The van der Waals surface area contributed by atoms with Crippen LogP contribution in [-0.2, 0) is 16.1 Å². The molecule has 0 amide bonds. The highest BCUT2D eigenvalue weighted by molar-refractivity contribution is 5.73. The Bertz CT molecular complexity index is 462. The molecule has 1 aromatic carbocycles. The molecular formula is C13H17NO5. The highest BCUT2D eigenvalue weighted by Gasteiger charge is 2.29. The second kappa shape index (κ2) is 5.90. The van der Waals surface area contributed by atoms with Crippen LogP contribution in [0.4, 0.5) is 0 Å². The highest BCUT2D eigenvalue weighted by atomic mass is 16.5. The van der Waals surface area contributed by atoms with E-state index in [1.54, 1.807) is 17.0 Å². The third-order valence-corrected chi connectivity index (χ3v) is 3.19. The van der Waals surface area contributed by atoms with Gasteiger partial charge in [0.1, 0.15) is 17.5 Å². The van der Waals surface area contributed by atoms with Gasteiger partial charge in [-0.2, -0.15) is 0 Å². The number of benzene rings is 1. The first-order valence-electron chi connectivity index (χ1n) is 6.02. The van der Waals surface area contributed by atoms with Crippen molar-refractivity contribution in [2.75, 3.05) is 26.9 Å². The number of aromatic hydroxyl groups is 1. The molecule has 1 heterocycles.